The van der Waals surface area contributed by atoms with Gasteiger partial charge in [-0.25, -0.2) is 13.2 Å². The molecule has 766 valence electrons. The number of rotatable bonds is 9. The van der Waals surface area contributed by atoms with Crippen LogP contribution in [-0.2, 0) is 28.7 Å². The quantitative estimate of drug-likeness (QED) is 0.131. The fraction of sp³-hybridized carbons (Fsp3) is 0.275. The Balaban J connectivity index is 0.000000194. The number of aromatic nitrogens is 18. The van der Waals surface area contributed by atoms with Gasteiger partial charge in [0.05, 0.1) is 28.0 Å². The zero-order valence-corrected chi connectivity index (χ0v) is 86.7. The van der Waals surface area contributed by atoms with Gasteiger partial charge in [-0.15, -0.1) is 103 Å². The Hall–Kier alpha value is -15.8. The number of carbonyl (C=O) groups excluding carboxylic acids is 4. The molecule has 2 N–H and O–H groups in total. The molecule has 0 bridgehead atoms. The normalized spacial score (nSPS) is 11.6. The van der Waals surface area contributed by atoms with Crippen LogP contribution in [-0.4, -0.2) is 195 Å². The molecule has 0 radical (unpaired) electrons. The number of hydrogen-bond acceptors (Lipinski definition) is 35. The van der Waals surface area contributed by atoms with Crippen LogP contribution in [0, 0.1) is 93.6 Å². The van der Waals surface area contributed by atoms with Crippen molar-refractivity contribution < 1.29 is 81.6 Å². The molecular weight excluding hydrogens is 1970 g/mol. The smallest absolute Gasteiger partial charge is 0.303 e. The third kappa shape index (κ3) is 42.4. The minimum absolute atomic E-state index is 0.151. The summed E-state index contributed by atoms with van der Waals surface area (Å²) in [5.74, 6) is 7.99. The summed E-state index contributed by atoms with van der Waals surface area (Å²) in [6.45, 7) is 37.9. The van der Waals surface area contributed by atoms with Crippen LogP contribution in [0.4, 0.5) is 13.2 Å². The predicted molar refractivity (Wildman–Crippen MR) is 542 cm³/mol. The molecule has 10 aromatic heterocycles. The molecular formula is C102H110Cl3F3N22O15S. The molecule has 0 saturated carbocycles. The molecule has 0 unspecified atom stereocenters. The number of primary amides is 1. The molecule has 12 heterocycles. The van der Waals surface area contributed by atoms with Gasteiger partial charge in [0.2, 0.25) is 112 Å². The molecule has 2 fully saturated rings. The number of amides is 3. The molecule has 3 amide bonds. The first-order chi connectivity index (χ1) is 69.6. The van der Waals surface area contributed by atoms with Crippen molar-refractivity contribution in [1.29, 1.82) is 0 Å². The van der Waals surface area contributed by atoms with E-state index < -0.39 is 0 Å². The number of thiophene rings is 1. The van der Waals surface area contributed by atoms with Gasteiger partial charge in [-0.2, -0.15) is 0 Å². The first kappa shape index (κ1) is 115. The highest BCUT2D eigenvalue weighted by atomic mass is 35.5. The molecule has 2 aliphatic rings. The first-order valence-corrected chi connectivity index (χ1v) is 46.7. The number of aryl methyl sites for hydroxylation is 11. The molecule has 2 saturated heterocycles. The van der Waals surface area contributed by atoms with Gasteiger partial charge in [-0.3, -0.25) is 19.2 Å². The maximum absolute atomic E-state index is 13.2. The summed E-state index contributed by atoms with van der Waals surface area (Å²) in [4.78, 5) is 47.8. The molecule has 2 aliphatic heterocycles. The third-order valence-electron chi connectivity index (χ3n) is 18.5. The van der Waals surface area contributed by atoms with Crippen molar-refractivity contribution in [2.75, 3.05) is 59.5 Å². The van der Waals surface area contributed by atoms with Gasteiger partial charge in [0.15, 0.2) is 0 Å². The van der Waals surface area contributed by atoms with Gasteiger partial charge in [0, 0.05) is 178 Å². The fourth-order valence-electron chi connectivity index (χ4n) is 11.8. The van der Waals surface area contributed by atoms with Gasteiger partial charge in [0.1, 0.15) is 23.1 Å². The van der Waals surface area contributed by atoms with Crippen LogP contribution in [0.25, 0.3) is 102 Å². The summed E-state index contributed by atoms with van der Waals surface area (Å²) < 4.78 is 96.0. The van der Waals surface area contributed by atoms with Crippen molar-refractivity contribution in [3.8, 4) is 102 Å². The minimum Gasteiger partial charge on any atom is -0.460 e. The van der Waals surface area contributed by atoms with E-state index in [2.05, 4.69) is 109 Å². The van der Waals surface area contributed by atoms with Crippen molar-refractivity contribution in [3.05, 3.63) is 308 Å². The second kappa shape index (κ2) is 59.3. The highest BCUT2D eigenvalue weighted by Gasteiger charge is 2.19. The lowest BCUT2D eigenvalue weighted by molar-refractivity contribution is -0.152. The van der Waals surface area contributed by atoms with Crippen LogP contribution >= 0.6 is 46.1 Å². The lowest BCUT2D eigenvalue weighted by Gasteiger charge is -2.31. The number of piperazine rings is 1. The standard InChI is InChI=1S/2C10H10N2O.2C9H7ClN2O.3C9H7FN2O.C9H8N2O.C7H5ClN2OS.C7H14N2O.C6H11NO2.C6H12O2.C2H5NO/c1-7-4-3-5-9(6-7)10-12-11-8(2)13-10;1-7-5-3-4-6-9(7)10-12-11-8(2)13-10;1-6-11-12-9(13-6)7-2-4-8(10)5-3-7;1-6-11-12-9(13-6)7-3-2-4-8(10)5-7;1-6-11-12-9(13-6)7-2-4-8(10)5-3-7;1-6-11-12-9(13-6)7-3-2-4-8(10)5-7;1-6-11-12-9(13-6)7-4-2-3-5-8(7)10;1-7-10-11-9(12-7)8-5-3-2-4-6-8;1-4-9-10-7(11-4)5-2-3-6(8)12-5;1-7(10)9-5-3-8(2)4-6-9;1-6(8)7-2-4-9-5-3-7;1-5(7)8-6(2,3)4;1-2(3)4/h2*3-6H,1-2H3;5*2-5H,1H3;2-6H,1H3;2-3H,1H3;3-6H2,1-2H3;2-5H2,1H3;1-4H3;1H3,(H2,3,4). The number of likely N-dealkylation sites (N-methyl/N-ethyl adjacent to an activating group) is 1. The number of nitrogens with two attached hydrogens (primary N) is 1. The number of nitrogens with zero attached hydrogens (tertiary/aromatic N) is 21. The Morgan fingerprint density at radius 1 is 0.342 bits per heavy atom. The van der Waals surface area contributed by atoms with Crippen LogP contribution in [0.15, 0.2) is 252 Å². The second-order valence-electron chi connectivity index (χ2n) is 32.0. The predicted octanol–water partition coefficient (Wildman–Crippen LogP) is 21.9. The highest BCUT2D eigenvalue weighted by molar-refractivity contribution is 7.19. The number of benzene rings is 8. The molecule has 146 heavy (non-hydrogen) atoms. The van der Waals surface area contributed by atoms with Crippen molar-refractivity contribution >= 4 is 69.8 Å². The monoisotopic (exact) mass is 2080 g/mol. The number of ether oxygens (including phenoxy) is 2. The van der Waals surface area contributed by atoms with E-state index in [1.807, 2.05) is 149 Å². The van der Waals surface area contributed by atoms with E-state index in [1.165, 1.54) is 61.1 Å². The van der Waals surface area contributed by atoms with E-state index in [0.29, 0.717) is 135 Å². The van der Waals surface area contributed by atoms with E-state index in [-0.39, 0.29) is 52.6 Å². The van der Waals surface area contributed by atoms with Gasteiger partial charge in [0.25, 0.3) is 11.8 Å². The molecule has 0 aliphatic carbocycles. The maximum Gasteiger partial charge on any atom is 0.303 e. The molecule has 0 atom stereocenters. The Morgan fingerprint density at radius 2 is 0.685 bits per heavy atom. The fourth-order valence-corrected chi connectivity index (χ4v) is 13.1. The van der Waals surface area contributed by atoms with E-state index in [9.17, 15) is 32.3 Å². The van der Waals surface area contributed by atoms with Crippen LogP contribution in [0.3, 0.4) is 0 Å². The van der Waals surface area contributed by atoms with Crippen LogP contribution in [0.1, 0.15) is 113 Å². The maximum atomic E-state index is 13.2. The number of carbonyl (C=O) groups is 4. The van der Waals surface area contributed by atoms with Crippen molar-refractivity contribution in [2.45, 2.75) is 130 Å². The van der Waals surface area contributed by atoms with E-state index in [4.69, 9.17) is 84.0 Å². The van der Waals surface area contributed by atoms with Crippen LogP contribution < -0.4 is 5.73 Å². The summed E-state index contributed by atoms with van der Waals surface area (Å²) in [5.41, 5.74) is 12.8. The molecule has 8 aromatic carbocycles. The summed E-state index contributed by atoms with van der Waals surface area (Å²) in [5, 5.41) is 69.5. The highest BCUT2D eigenvalue weighted by Crippen LogP contribution is 2.31. The van der Waals surface area contributed by atoms with Crippen molar-refractivity contribution in [3.63, 3.8) is 0 Å². The lowest BCUT2D eigenvalue weighted by atomic mass is 10.1. The zero-order chi connectivity index (χ0) is 106. The van der Waals surface area contributed by atoms with Gasteiger partial charge in [-0.1, -0.05) is 113 Å². The van der Waals surface area contributed by atoms with Gasteiger partial charge >= 0.3 is 5.97 Å². The Morgan fingerprint density at radius 3 is 1.04 bits per heavy atom. The molecule has 20 rings (SSSR count). The van der Waals surface area contributed by atoms with E-state index >= 15 is 0 Å². The molecule has 0 spiro atoms. The summed E-state index contributed by atoms with van der Waals surface area (Å²) in [7, 11) is 2.08. The Bertz CT molecular complexity index is 6590. The Labute approximate surface area is 858 Å². The number of esters is 1. The largest absolute Gasteiger partial charge is 0.460 e. The lowest BCUT2D eigenvalue weighted by Crippen LogP contribution is -2.46. The van der Waals surface area contributed by atoms with Crippen molar-refractivity contribution in [1.82, 2.24) is 106 Å². The number of morpholine rings is 1. The van der Waals surface area contributed by atoms with E-state index in [1.54, 1.807) is 154 Å². The summed E-state index contributed by atoms with van der Waals surface area (Å²) >= 11 is 18.7. The summed E-state index contributed by atoms with van der Waals surface area (Å²) in [6, 6.07) is 62.1. The van der Waals surface area contributed by atoms with Crippen molar-refractivity contribution in [2.24, 2.45) is 5.73 Å². The SMILES string of the molecule is CC(=O)N1CCN(C)CC1.CC(=O)N1CCOCC1.CC(=O)OC(C)(C)C.CC(N)=O.Cc1cccc(-c2nnc(C)o2)c1.Cc1nnc(-c2ccc(Cl)cc2)o1.Cc1nnc(-c2ccc(Cl)s2)o1.Cc1nnc(-c2ccc(F)cc2)o1.Cc1nnc(-c2cccc(Cl)c2)o1.Cc1nnc(-c2cccc(F)c2)o1.Cc1nnc(-c2ccccc2)o1.Cc1nnc(-c2ccccc2C)o1.Cc1nnc(-c2ccccc2F)o1. The van der Waals surface area contributed by atoms with Crippen LogP contribution in [0.5, 0.6) is 0 Å². The number of halogens is 6. The van der Waals surface area contributed by atoms with Crippen LogP contribution in [0.2, 0.25) is 14.4 Å². The topological polar surface area (TPSA) is 473 Å². The molecule has 37 nitrogen and oxygen atoms in total. The average molecular weight is 2080 g/mol. The minimum atomic E-state index is -0.355. The van der Waals surface area contributed by atoms with Gasteiger partial charge < -0.3 is 69.7 Å². The average Bonchev–Trinajstić information content (AvgIpc) is 1.72. The first-order valence-electron chi connectivity index (χ1n) is 44.8. The van der Waals surface area contributed by atoms with E-state index in [0.717, 1.165) is 87.4 Å². The third-order valence-corrected chi connectivity index (χ3v) is 20.2. The molecule has 44 heteroatoms. The molecule has 18 aromatic rings. The zero-order valence-electron chi connectivity index (χ0n) is 83.6. The number of hydrogen-bond donors (Lipinski definition) is 1. The summed E-state index contributed by atoms with van der Waals surface area (Å²) in [6.07, 6.45) is 0. The Kier molecular flexibility index (Phi) is 46.9. The van der Waals surface area contributed by atoms with Gasteiger partial charge in [-0.05, 0) is 187 Å². The second-order valence-corrected chi connectivity index (χ2v) is 34.6.